The summed E-state index contributed by atoms with van der Waals surface area (Å²) in [5.74, 6) is 1.17. The molecule has 1 fully saturated rings. The second-order valence-electron chi connectivity index (χ2n) is 5.86. The van der Waals surface area contributed by atoms with Crippen molar-refractivity contribution in [3.8, 4) is 0 Å². The molecular formula is C14H28N2O. The molecule has 2 N–H and O–H groups in total. The van der Waals surface area contributed by atoms with Crippen LogP contribution in [0, 0.1) is 17.8 Å². The van der Waals surface area contributed by atoms with Crippen LogP contribution in [0.25, 0.3) is 0 Å². The highest BCUT2D eigenvalue weighted by Crippen LogP contribution is 2.28. The average Bonchev–Trinajstić information content (AvgIpc) is 2.29. The summed E-state index contributed by atoms with van der Waals surface area (Å²) in [6.45, 7) is 6.88. The summed E-state index contributed by atoms with van der Waals surface area (Å²) >= 11 is 0. The highest BCUT2D eigenvalue weighted by molar-refractivity contribution is 5.79. The summed E-state index contributed by atoms with van der Waals surface area (Å²) in [4.78, 5) is 14.4. The normalized spacial score (nSPS) is 26.9. The zero-order valence-electron chi connectivity index (χ0n) is 11.8. The summed E-state index contributed by atoms with van der Waals surface area (Å²) in [7, 11) is 1.96. The Balaban J connectivity index is 2.67. The number of hydrogen-bond acceptors (Lipinski definition) is 2. The molecule has 1 amide bonds. The number of carbonyl (C=O) groups is 1. The number of nitrogens with zero attached hydrogens (tertiary/aromatic N) is 1. The third-order valence-electron chi connectivity index (χ3n) is 4.29. The first-order valence-corrected chi connectivity index (χ1v) is 6.95. The molecule has 3 nitrogen and oxygen atoms in total. The van der Waals surface area contributed by atoms with Crippen LogP contribution in [-0.4, -0.2) is 30.4 Å². The van der Waals surface area contributed by atoms with E-state index in [2.05, 4.69) is 20.8 Å². The fraction of sp³-hybridized carbons (Fsp3) is 0.929. The number of carbonyl (C=O) groups excluding carboxylic acids is 1. The lowest BCUT2D eigenvalue weighted by atomic mass is 9.84. The van der Waals surface area contributed by atoms with Gasteiger partial charge in [0.15, 0.2) is 0 Å². The minimum Gasteiger partial charge on any atom is -0.342 e. The molecule has 0 aliphatic heterocycles. The minimum atomic E-state index is -0.0193. The van der Waals surface area contributed by atoms with Gasteiger partial charge in [-0.05, 0) is 24.7 Å². The van der Waals surface area contributed by atoms with Crippen molar-refractivity contribution in [1.82, 2.24) is 4.90 Å². The highest BCUT2D eigenvalue weighted by Gasteiger charge is 2.31. The second kappa shape index (κ2) is 6.39. The van der Waals surface area contributed by atoms with Crippen LogP contribution in [-0.2, 0) is 4.79 Å². The lowest BCUT2D eigenvalue weighted by Crippen LogP contribution is -2.47. The molecule has 0 heterocycles. The standard InChI is InChI=1S/C14H28N2O/c1-10(2)12(9-15)14(17)16(4)13-8-6-5-7-11(13)3/h10-13H,5-9,15H2,1-4H3. The van der Waals surface area contributed by atoms with E-state index in [-0.39, 0.29) is 11.8 Å². The lowest BCUT2D eigenvalue weighted by Gasteiger charge is -2.38. The van der Waals surface area contributed by atoms with E-state index in [4.69, 9.17) is 5.73 Å². The Bertz CT molecular complexity index is 253. The van der Waals surface area contributed by atoms with E-state index in [0.717, 1.165) is 6.42 Å². The van der Waals surface area contributed by atoms with E-state index in [0.29, 0.717) is 24.4 Å². The Hall–Kier alpha value is -0.570. The molecule has 0 saturated heterocycles. The van der Waals surface area contributed by atoms with Gasteiger partial charge in [-0.3, -0.25) is 4.79 Å². The Kier molecular flexibility index (Phi) is 5.44. The Labute approximate surface area is 106 Å². The van der Waals surface area contributed by atoms with E-state index in [1.165, 1.54) is 19.3 Å². The maximum absolute atomic E-state index is 12.4. The predicted molar refractivity (Wildman–Crippen MR) is 71.6 cm³/mol. The number of rotatable bonds is 4. The van der Waals surface area contributed by atoms with Crippen LogP contribution in [0.1, 0.15) is 46.5 Å². The van der Waals surface area contributed by atoms with E-state index < -0.39 is 0 Å². The minimum absolute atomic E-state index is 0.0193. The zero-order valence-corrected chi connectivity index (χ0v) is 11.8. The van der Waals surface area contributed by atoms with Crippen LogP contribution >= 0.6 is 0 Å². The van der Waals surface area contributed by atoms with Gasteiger partial charge in [0.25, 0.3) is 0 Å². The van der Waals surface area contributed by atoms with Crippen molar-refractivity contribution in [3.05, 3.63) is 0 Å². The molecule has 1 saturated carbocycles. The first-order valence-electron chi connectivity index (χ1n) is 6.95. The molecule has 1 aliphatic carbocycles. The number of hydrogen-bond donors (Lipinski definition) is 1. The zero-order chi connectivity index (χ0) is 13.0. The topological polar surface area (TPSA) is 46.3 Å². The third kappa shape index (κ3) is 3.44. The second-order valence-corrected chi connectivity index (χ2v) is 5.86. The Morgan fingerprint density at radius 3 is 2.41 bits per heavy atom. The largest absolute Gasteiger partial charge is 0.342 e. The molecular weight excluding hydrogens is 212 g/mol. The SMILES string of the molecule is CC(C)C(CN)C(=O)N(C)C1CCCCC1C. The summed E-state index contributed by atoms with van der Waals surface area (Å²) in [6, 6.07) is 0.420. The van der Waals surface area contributed by atoms with Gasteiger partial charge in [-0.2, -0.15) is 0 Å². The molecule has 3 atom stereocenters. The molecule has 0 spiro atoms. The van der Waals surface area contributed by atoms with Crippen molar-refractivity contribution in [2.45, 2.75) is 52.5 Å². The first-order chi connectivity index (χ1) is 7.99. The molecule has 0 aromatic carbocycles. The summed E-state index contributed by atoms with van der Waals surface area (Å²) in [5, 5.41) is 0. The van der Waals surface area contributed by atoms with E-state index in [1.807, 2.05) is 11.9 Å². The number of amides is 1. The molecule has 3 unspecified atom stereocenters. The van der Waals surface area contributed by atoms with Crippen LogP contribution in [0.5, 0.6) is 0 Å². The van der Waals surface area contributed by atoms with Crippen molar-refractivity contribution in [1.29, 1.82) is 0 Å². The molecule has 0 aromatic heterocycles. The van der Waals surface area contributed by atoms with Gasteiger partial charge in [0, 0.05) is 19.6 Å². The highest BCUT2D eigenvalue weighted by atomic mass is 16.2. The van der Waals surface area contributed by atoms with Crippen molar-refractivity contribution in [2.75, 3.05) is 13.6 Å². The van der Waals surface area contributed by atoms with Gasteiger partial charge >= 0.3 is 0 Å². The predicted octanol–water partition coefficient (Wildman–Crippen LogP) is 2.25. The van der Waals surface area contributed by atoms with Gasteiger partial charge in [0.1, 0.15) is 0 Å². The Morgan fingerprint density at radius 1 is 1.35 bits per heavy atom. The molecule has 17 heavy (non-hydrogen) atoms. The maximum atomic E-state index is 12.4. The van der Waals surface area contributed by atoms with Crippen LogP contribution in [0.3, 0.4) is 0 Å². The molecule has 100 valence electrons. The average molecular weight is 240 g/mol. The molecule has 1 rings (SSSR count). The smallest absolute Gasteiger partial charge is 0.227 e. The van der Waals surface area contributed by atoms with E-state index in [1.54, 1.807) is 0 Å². The molecule has 3 heteroatoms. The molecule has 0 radical (unpaired) electrons. The quantitative estimate of drug-likeness (QED) is 0.819. The van der Waals surface area contributed by atoms with Gasteiger partial charge in [0.05, 0.1) is 5.92 Å². The van der Waals surface area contributed by atoms with Crippen LogP contribution in [0.4, 0.5) is 0 Å². The molecule has 0 aromatic rings. The Morgan fingerprint density at radius 2 is 1.94 bits per heavy atom. The van der Waals surface area contributed by atoms with Gasteiger partial charge < -0.3 is 10.6 Å². The van der Waals surface area contributed by atoms with Gasteiger partial charge in [-0.1, -0.05) is 33.6 Å². The van der Waals surface area contributed by atoms with Crippen molar-refractivity contribution < 1.29 is 4.79 Å². The van der Waals surface area contributed by atoms with E-state index in [9.17, 15) is 4.79 Å². The van der Waals surface area contributed by atoms with Crippen LogP contribution in [0.15, 0.2) is 0 Å². The van der Waals surface area contributed by atoms with Gasteiger partial charge in [-0.25, -0.2) is 0 Å². The van der Waals surface area contributed by atoms with Gasteiger partial charge in [0.2, 0.25) is 5.91 Å². The first kappa shape index (κ1) is 14.5. The summed E-state index contributed by atoms with van der Waals surface area (Å²) in [5.41, 5.74) is 5.73. The van der Waals surface area contributed by atoms with Crippen LogP contribution in [0.2, 0.25) is 0 Å². The summed E-state index contributed by atoms with van der Waals surface area (Å²) < 4.78 is 0. The monoisotopic (exact) mass is 240 g/mol. The lowest BCUT2D eigenvalue weighted by molar-refractivity contribution is -0.139. The number of nitrogens with two attached hydrogens (primary N) is 1. The van der Waals surface area contributed by atoms with E-state index >= 15 is 0 Å². The maximum Gasteiger partial charge on any atom is 0.227 e. The van der Waals surface area contributed by atoms with Crippen molar-refractivity contribution in [2.24, 2.45) is 23.5 Å². The molecule has 1 aliphatic rings. The van der Waals surface area contributed by atoms with Crippen LogP contribution < -0.4 is 5.73 Å². The molecule has 0 bridgehead atoms. The fourth-order valence-corrected chi connectivity index (χ4v) is 2.96. The fourth-order valence-electron chi connectivity index (χ4n) is 2.96. The summed E-state index contributed by atoms with van der Waals surface area (Å²) in [6.07, 6.45) is 4.96. The van der Waals surface area contributed by atoms with Crippen molar-refractivity contribution in [3.63, 3.8) is 0 Å². The third-order valence-corrected chi connectivity index (χ3v) is 4.29. The van der Waals surface area contributed by atoms with Crippen molar-refractivity contribution >= 4 is 5.91 Å². The van der Waals surface area contributed by atoms with Gasteiger partial charge in [-0.15, -0.1) is 0 Å².